The first-order chi connectivity index (χ1) is 18.1. The topological polar surface area (TPSA) is 197 Å². The number of anilines is 1. The molecule has 6 atom stereocenters. The fourth-order valence-corrected chi connectivity index (χ4v) is 5.33. The van der Waals surface area contributed by atoms with Crippen molar-refractivity contribution in [3.05, 3.63) is 43.0 Å². The lowest BCUT2D eigenvalue weighted by atomic mass is 10.0. The molecule has 0 unspecified atom stereocenters. The number of benzene rings is 1. The number of para-hydroxylation sites is 1. The average molecular weight is 545 g/mol. The molecule has 4 N–H and O–H groups in total. The summed E-state index contributed by atoms with van der Waals surface area (Å²) < 4.78 is 37.5. The van der Waals surface area contributed by atoms with Gasteiger partial charge in [-0.2, -0.15) is 10.3 Å². The summed E-state index contributed by atoms with van der Waals surface area (Å²) in [6.45, 7) is 4.38. The van der Waals surface area contributed by atoms with E-state index in [9.17, 15) is 19.7 Å². The van der Waals surface area contributed by atoms with Crippen LogP contribution < -0.4 is 15.3 Å². The Morgan fingerprint density at radius 3 is 2.71 bits per heavy atom. The smallest absolute Gasteiger partial charge is 0.459 e. The van der Waals surface area contributed by atoms with Crippen molar-refractivity contribution in [3.8, 4) is 11.8 Å². The van der Waals surface area contributed by atoms with Crippen molar-refractivity contribution < 1.29 is 33.0 Å². The Morgan fingerprint density at radius 1 is 1.29 bits per heavy atom. The Morgan fingerprint density at radius 2 is 2.03 bits per heavy atom. The first-order valence-corrected chi connectivity index (χ1v) is 13.3. The number of rotatable bonds is 10. The van der Waals surface area contributed by atoms with E-state index < -0.39 is 50.7 Å². The molecule has 0 aliphatic carbocycles. The van der Waals surface area contributed by atoms with Crippen LogP contribution in [-0.2, 0) is 23.4 Å². The molecule has 0 bridgehead atoms. The van der Waals surface area contributed by atoms with Crippen LogP contribution in [-0.4, -0.2) is 61.6 Å². The summed E-state index contributed by atoms with van der Waals surface area (Å²) in [7, 11) is -4.21. The number of ether oxygens (including phenoxy) is 2. The predicted molar refractivity (Wildman–Crippen MR) is 133 cm³/mol. The van der Waals surface area contributed by atoms with Crippen molar-refractivity contribution in [1.29, 1.82) is 5.26 Å². The number of esters is 1. The first-order valence-electron chi connectivity index (χ1n) is 11.8. The fraction of sp³-hybridized carbons (Fsp3) is 0.435. The average Bonchev–Trinajstić information content (AvgIpc) is 3.44. The number of nitriles is 1. The summed E-state index contributed by atoms with van der Waals surface area (Å²) in [6, 6.07) is 9.21. The first kappa shape index (κ1) is 27.4. The molecule has 1 aliphatic rings. The highest BCUT2D eigenvalue weighted by atomic mass is 31.2. The Kier molecular flexibility index (Phi) is 8.25. The molecule has 38 heavy (non-hydrogen) atoms. The van der Waals surface area contributed by atoms with E-state index in [2.05, 4.69) is 20.0 Å². The number of aromatic nitrogens is 4. The van der Waals surface area contributed by atoms with Gasteiger partial charge in [-0.25, -0.2) is 19.5 Å². The summed E-state index contributed by atoms with van der Waals surface area (Å²) in [6.07, 6.45) is -1.16. The highest BCUT2D eigenvalue weighted by Gasteiger charge is 2.47. The van der Waals surface area contributed by atoms with Crippen LogP contribution in [0.2, 0.25) is 0 Å². The number of nitrogens with two attached hydrogens (primary N) is 1. The maximum absolute atomic E-state index is 13.7. The SMILES string of the molecule is CC(C)OC(=O)[C@@H](C)N[P@](=O)(OC[C@H]1O[C@@H](n2cnc3c(N)ncnc32)[C@H](C#N)[C@@H]1O)Oc1ccccc1. The number of hydrogen-bond acceptors (Lipinski definition) is 12. The highest BCUT2D eigenvalue weighted by molar-refractivity contribution is 7.52. The lowest BCUT2D eigenvalue weighted by molar-refractivity contribution is -0.149. The van der Waals surface area contributed by atoms with Crippen molar-refractivity contribution in [2.24, 2.45) is 5.92 Å². The third-order valence-electron chi connectivity index (χ3n) is 5.62. The van der Waals surface area contributed by atoms with Crippen molar-refractivity contribution in [1.82, 2.24) is 24.6 Å². The lowest BCUT2D eigenvalue weighted by Gasteiger charge is -2.25. The van der Waals surface area contributed by atoms with E-state index >= 15 is 0 Å². The third kappa shape index (κ3) is 5.93. The maximum Gasteiger partial charge on any atom is 0.459 e. The van der Waals surface area contributed by atoms with Crippen LogP contribution in [0.1, 0.15) is 27.0 Å². The quantitative estimate of drug-likeness (QED) is 0.247. The van der Waals surface area contributed by atoms with Crippen molar-refractivity contribution in [2.75, 3.05) is 12.3 Å². The van der Waals surface area contributed by atoms with Gasteiger partial charge in [0.05, 0.1) is 25.1 Å². The predicted octanol–water partition coefficient (Wildman–Crippen LogP) is 1.94. The van der Waals surface area contributed by atoms with Crippen molar-refractivity contribution in [3.63, 3.8) is 0 Å². The second kappa shape index (κ2) is 11.4. The van der Waals surface area contributed by atoms with Gasteiger partial charge in [-0.05, 0) is 32.9 Å². The minimum absolute atomic E-state index is 0.149. The van der Waals surface area contributed by atoms with Crippen LogP contribution in [0.4, 0.5) is 5.82 Å². The van der Waals surface area contributed by atoms with Gasteiger partial charge in [0.15, 0.2) is 17.7 Å². The van der Waals surface area contributed by atoms with E-state index in [0.29, 0.717) is 11.2 Å². The molecule has 1 saturated heterocycles. The van der Waals surface area contributed by atoms with Gasteiger partial charge in [0, 0.05) is 0 Å². The number of nitrogens with one attached hydrogen (secondary N) is 1. The molecule has 1 fully saturated rings. The van der Waals surface area contributed by atoms with E-state index in [1.54, 1.807) is 44.2 Å². The van der Waals surface area contributed by atoms with Gasteiger partial charge in [-0.15, -0.1) is 0 Å². The second-order valence-corrected chi connectivity index (χ2v) is 10.5. The minimum Gasteiger partial charge on any atom is -0.462 e. The van der Waals surface area contributed by atoms with Gasteiger partial charge in [-0.1, -0.05) is 18.2 Å². The summed E-state index contributed by atoms with van der Waals surface area (Å²) in [5.41, 5.74) is 6.48. The Balaban J connectivity index is 1.53. The van der Waals surface area contributed by atoms with E-state index in [0.717, 1.165) is 0 Å². The van der Waals surface area contributed by atoms with Gasteiger partial charge >= 0.3 is 13.7 Å². The zero-order valence-corrected chi connectivity index (χ0v) is 21.8. The number of hydrogen-bond donors (Lipinski definition) is 3. The van der Waals surface area contributed by atoms with Crippen molar-refractivity contribution in [2.45, 2.75) is 51.4 Å². The zero-order chi connectivity index (χ0) is 27.4. The van der Waals surface area contributed by atoms with Crippen LogP contribution in [0.15, 0.2) is 43.0 Å². The molecule has 0 amide bonds. The number of aliphatic hydroxyl groups excluding tert-OH is 1. The fourth-order valence-electron chi connectivity index (χ4n) is 3.82. The van der Waals surface area contributed by atoms with Gasteiger partial charge in [-0.3, -0.25) is 13.9 Å². The molecule has 3 heterocycles. The molecule has 1 aliphatic heterocycles. The van der Waals surface area contributed by atoms with Crippen LogP contribution >= 0.6 is 7.75 Å². The largest absolute Gasteiger partial charge is 0.462 e. The Bertz CT molecular complexity index is 1360. The number of aliphatic hydroxyl groups is 1. The summed E-state index contributed by atoms with van der Waals surface area (Å²) in [5.74, 6) is -1.33. The normalized spacial score (nSPS) is 23.6. The molecule has 2 aromatic heterocycles. The molecule has 0 radical (unpaired) electrons. The number of nitrogen functional groups attached to an aromatic ring is 1. The minimum atomic E-state index is -4.21. The van der Waals surface area contributed by atoms with E-state index in [-0.39, 0.29) is 17.7 Å². The van der Waals surface area contributed by atoms with Crippen molar-refractivity contribution >= 4 is 30.7 Å². The Labute approximate surface area is 218 Å². The van der Waals surface area contributed by atoms with E-state index in [4.69, 9.17) is 24.3 Å². The van der Waals surface area contributed by atoms with Crippen LogP contribution in [0, 0.1) is 17.2 Å². The zero-order valence-electron chi connectivity index (χ0n) is 20.9. The molecule has 1 aromatic carbocycles. The lowest BCUT2D eigenvalue weighted by Crippen LogP contribution is -2.37. The molecule has 202 valence electrons. The van der Waals surface area contributed by atoms with E-state index in [1.807, 2.05) is 6.07 Å². The molecule has 3 aromatic rings. The van der Waals surface area contributed by atoms with Gasteiger partial charge < -0.3 is 24.8 Å². The summed E-state index contributed by atoms with van der Waals surface area (Å²) in [4.78, 5) is 24.6. The molecule has 14 nitrogen and oxygen atoms in total. The molecular weight excluding hydrogens is 517 g/mol. The van der Waals surface area contributed by atoms with E-state index in [1.165, 1.54) is 24.1 Å². The molecular formula is C23H28N7O7P. The summed E-state index contributed by atoms with van der Waals surface area (Å²) in [5, 5.41) is 23.2. The van der Waals surface area contributed by atoms with Gasteiger partial charge in [0.25, 0.3) is 0 Å². The Hall–Kier alpha value is -3.60. The second-order valence-electron chi connectivity index (χ2n) is 8.83. The number of carbonyl (C=O) groups excluding carboxylic acids is 1. The standard InChI is InChI=1S/C23H28N7O7P/c1-13(2)35-23(32)14(3)29-38(33,37-15-7-5-4-6-8-15)34-10-17-19(31)16(9-24)22(36-17)30-12-28-18-20(25)26-11-27-21(18)30/h4-8,11-14,16-17,19,22,31H,10H2,1-3H3,(H,29,33)(H2,25,26,27)/t14-,16-,17-,19+,22-,38+/m1/s1. The number of carbonyl (C=O) groups is 1. The number of imidazole rings is 1. The van der Waals surface area contributed by atoms with Crippen LogP contribution in [0.3, 0.4) is 0 Å². The van der Waals surface area contributed by atoms with Crippen LogP contribution in [0.5, 0.6) is 5.75 Å². The highest BCUT2D eigenvalue weighted by Crippen LogP contribution is 2.46. The molecule has 0 saturated carbocycles. The van der Waals surface area contributed by atoms with Gasteiger partial charge in [0.1, 0.15) is 41.8 Å². The summed E-state index contributed by atoms with van der Waals surface area (Å²) >= 11 is 0. The molecule has 15 heteroatoms. The molecule has 0 spiro atoms. The monoisotopic (exact) mass is 545 g/mol. The number of nitrogens with zero attached hydrogens (tertiary/aromatic N) is 5. The van der Waals surface area contributed by atoms with Crippen LogP contribution in [0.25, 0.3) is 11.2 Å². The molecule has 4 rings (SSSR count). The number of fused-ring (bicyclic) bond motifs is 1. The van der Waals surface area contributed by atoms with Gasteiger partial charge in [0.2, 0.25) is 0 Å². The third-order valence-corrected chi connectivity index (χ3v) is 7.26. The maximum atomic E-state index is 13.7.